The molecule has 0 aromatic carbocycles. The Morgan fingerprint density at radius 3 is 2.62 bits per heavy atom. The first-order valence-corrected chi connectivity index (χ1v) is 9.33. The van der Waals surface area contributed by atoms with Crippen LogP contribution in [0.2, 0.25) is 0 Å². The smallest absolute Gasteiger partial charge is 0.356 e. The fourth-order valence-electron chi connectivity index (χ4n) is 4.16. The van der Waals surface area contributed by atoms with Crippen molar-refractivity contribution in [2.24, 2.45) is 5.92 Å². The molecule has 8 nitrogen and oxygen atoms in total. The van der Waals surface area contributed by atoms with E-state index in [1.807, 2.05) is 4.68 Å². The summed E-state index contributed by atoms with van der Waals surface area (Å²) in [4.78, 5) is 39.7. The number of carboxylic acids is 1. The van der Waals surface area contributed by atoms with Crippen LogP contribution in [0.1, 0.15) is 54.4 Å². The summed E-state index contributed by atoms with van der Waals surface area (Å²) in [6.07, 6.45) is 4.46. The van der Waals surface area contributed by atoms with Gasteiger partial charge in [0.15, 0.2) is 5.69 Å². The van der Waals surface area contributed by atoms with Gasteiger partial charge in [-0.25, -0.2) is 4.79 Å². The van der Waals surface area contributed by atoms with Crippen molar-refractivity contribution in [2.75, 3.05) is 13.1 Å². The summed E-state index contributed by atoms with van der Waals surface area (Å²) < 4.78 is 1.84. The van der Waals surface area contributed by atoms with Gasteiger partial charge in [0.05, 0.1) is 0 Å². The summed E-state index contributed by atoms with van der Waals surface area (Å²) in [6.45, 7) is 3.69. The van der Waals surface area contributed by atoms with Crippen molar-refractivity contribution in [3.05, 3.63) is 17.0 Å². The van der Waals surface area contributed by atoms with E-state index in [4.69, 9.17) is 0 Å². The van der Waals surface area contributed by atoms with Crippen LogP contribution < -0.4 is 0 Å². The topological polar surface area (TPSA) is 95.7 Å². The maximum absolute atomic E-state index is 13.0. The second-order valence-electron chi connectivity index (χ2n) is 7.58. The lowest BCUT2D eigenvalue weighted by molar-refractivity contribution is -0.143. The highest BCUT2D eigenvalue weighted by atomic mass is 16.4. The van der Waals surface area contributed by atoms with Crippen molar-refractivity contribution in [1.29, 1.82) is 0 Å². The summed E-state index contributed by atoms with van der Waals surface area (Å²) in [7, 11) is 0. The molecule has 2 fully saturated rings. The normalized spacial score (nSPS) is 22.4. The predicted octanol–water partition coefficient (Wildman–Crippen LogP) is 0.887. The zero-order valence-corrected chi connectivity index (χ0v) is 15.0. The average Bonchev–Trinajstić information content (AvgIpc) is 3.16. The van der Waals surface area contributed by atoms with Crippen molar-refractivity contribution in [2.45, 2.75) is 58.2 Å². The van der Waals surface area contributed by atoms with Crippen LogP contribution in [0.3, 0.4) is 0 Å². The Balaban J connectivity index is 1.57. The van der Waals surface area contributed by atoms with Crippen molar-refractivity contribution >= 4 is 17.8 Å². The van der Waals surface area contributed by atoms with Crippen LogP contribution in [0.4, 0.5) is 0 Å². The van der Waals surface area contributed by atoms with Gasteiger partial charge < -0.3 is 14.9 Å². The Kier molecular flexibility index (Phi) is 4.20. The Hall–Kier alpha value is -2.38. The fraction of sp³-hybridized carbons (Fsp3) is 0.667. The minimum Gasteiger partial charge on any atom is -0.476 e. The molecular weight excluding hydrogens is 336 g/mol. The third-order valence-electron chi connectivity index (χ3n) is 5.72. The van der Waals surface area contributed by atoms with E-state index < -0.39 is 12.0 Å². The van der Waals surface area contributed by atoms with Crippen molar-refractivity contribution in [3.63, 3.8) is 0 Å². The van der Waals surface area contributed by atoms with Gasteiger partial charge in [0, 0.05) is 50.8 Å². The van der Waals surface area contributed by atoms with Gasteiger partial charge in [-0.1, -0.05) is 0 Å². The molecule has 2 amide bonds. The number of carbonyl (C=O) groups is 3. The molecule has 1 saturated heterocycles. The highest BCUT2D eigenvalue weighted by Crippen LogP contribution is 2.33. The Bertz CT molecular complexity index is 767. The number of aromatic carboxylic acids is 1. The lowest BCUT2D eigenvalue weighted by Gasteiger charge is -2.32. The zero-order valence-electron chi connectivity index (χ0n) is 15.0. The average molecular weight is 360 g/mol. The lowest BCUT2D eigenvalue weighted by Crippen LogP contribution is -2.48. The summed E-state index contributed by atoms with van der Waals surface area (Å²) in [5, 5.41) is 13.8. The third kappa shape index (κ3) is 2.97. The van der Waals surface area contributed by atoms with Crippen LogP contribution >= 0.6 is 0 Å². The number of likely N-dealkylation sites (tertiary alicyclic amines) is 1. The molecule has 3 heterocycles. The Morgan fingerprint density at radius 2 is 1.96 bits per heavy atom. The second kappa shape index (κ2) is 6.41. The molecule has 4 rings (SSSR count). The van der Waals surface area contributed by atoms with Gasteiger partial charge in [-0.2, -0.15) is 5.10 Å². The minimum atomic E-state index is -1.05. The van der Waals surface area contributed by atoms with E-state index in [9.17, 15) is 19.5 Å². The first-order valence-electron chi connectivity index (χ1n) is 9.33. The molecule has 0 radical (unpaired) electrons. The van der Waals surface area contributed by atoms with Crippen LogP contribution in [0.5, 0.6) is 0 Å². The molecule has 26 heavy (non-hydrogen) atoms. The van der Waals surface area contributed by atoms with E-state index in [-0.39, 0.29) is 24.1 Å². The van der Waals surface area contributed by atoms with E-state index in [1.165, 1.54) is 19.8 Å². The molecule has 8 heteroatoms. The molecule has 1 aliphatic carbocycles. The largest absolute Gasteiger partial charge is 0.476 e. The van der Waals surface area contributed by atoms with E-state index in [0.29, 0.717) is 37.4 Å². The Labute approximate surface area is 151 Å². The number of hydrogen-bond acceptors (Lipinski definition) is 4. The number of carbonyl (C=O) groups excluding carboxylic acids is 2. The molecule has 0 bridgehead atoms. The summed E-state index contributed by atoms with van der Waals surface area (Å²) in [5.41, 5.74) is 1.67. The molecule has 1 N–H and O–H groups in total. The minimum absolute atomic E-state index is 0.0630. The van der Waals surface area contributed by atoms with Gasteiger partial charge in [-0.05, 0) is 31.6 Å². The number of aromatic nitrogens is 2. The number of hydrogen-bond donors (Lipinski definition) is 1. The standard InChI is InChI=1S/C18H24N4O4/c1-11(23)21-7-2-3-15(21)17(24)20-8-6-14-13(10-20)16(18(25)26)19-22(14)9-12-4-5-12/h12,15H,2-10H2,1H3,(H,25,26)/t15-/m0/s1. The van der Waals surface area contributed by atoms with Gasteiger partial charge in [0.1, 0.15) is 6.04 Å². The van der Waals surface area contributed by atoms with Crippen LogP contribution in [0, 0.1) is 5.92 Å². The lowest BCUT2D eigenvalue weighted by atomic mass is 10.0. The van der Waals surface area contributed by atoms with Crippen LogP contribution in [0.15, 0.2) is 0 Å². The highest BCUT2D eigenvalue weighted by molar-refractivity contribution is 5.89. The van der Waals surface area contributed by atoms with E-state index in [0.717, 1.165) is 18.7 Å². The molecule has 1 aromatic heterocycles. The van der Waals surface area contributed by atoms with Crippen molar-refractivity contribution < 1.29 is 19.5 Å². The van der Waals surface area contributed by atoms with Crippen molar-refractivity contribution in [3.8, 4) is 0 Å². The zero-order chi connectivity index (χ0) is 18.4. The molecule has 3 aliphatic rings. The van der Waals surface area contributed by atoms with Gasteiger partial charge in [-0.3, -0.25) is 14.3 Å². The number of rotatable bonds is 4. The monoisotopic (exact) mass is 360 g/mol. The molecule has 1 saturated carbocycles. The molecule has 0 unspecified atom stereocenters. The molecule has 2 aliphatic heterocycles. The maximum atomic E-state index is 13.0. The third-order valence-corrected chi connectivity index (χ3v) is 5.72. The maximum Gasteiger partial charge on any atom is 0.356 e. The van der Waals surface area contributed by atoms with Crippen LogP contribution in [-0.4, -0.2) is 61.6 Å². The van der Waals surface area contributed by atoms with Crippen molar-refractivity contribution in [1.82, 2.24) is 19.6 Å². The number of amides is 2. The quantitative estimate of drug-likeness (QED) is 0.860. The van der Waals surface area contributed by atoms with E-state index >= 15 is 0 Å². The van der Waals surface area contributed by atoms with Gasteiger partial charge in [-0.15, -0.1) is 0 Å². The SMILES string of the molecule is CC(=O)N1CCC[C@H]1C(=O)N1CCc2c(c(C(=O)O)nn2CC2CC2)C1. The van der Waals surface area contributed by atoms with Crippen LogP contribution in [0.25, 0.3) is 0 Å². The summed E-state index contributed by atoms with van der Waals surface area (Å²) in [5.74, 6) is -0.601. The number of fused-ring (bicyclic) bond motifs is 1. The summed E-state index contributed by atoms with van der Waals surface area (Å²) in [6, 6.07) is -0.413. The fourth-order valence-corrected chi connectivity index (χ4v) is 4.16. The predicted molar refractivity (Wildman–Crippen MR) is 91.4 cm³/mol. The highest BCUT2D eigenvalue weighted by Gasteiger charge is 2.38. The molecule has 1 aromatic rings. The molecule has 1 atom stereocenters. The summed E-state index contributed by atoms with van der Waals surface area (Å²) >= 11 is 0. The van der Waals surface area contributed by atoms with E-state index in [1.54, 1.807) is 9.80 Å². The Morgan fingerprint density at radius 1 is 1.19 bits per heavy atom. The number of nitrogens with zero attached hydrogens (tertiary/aromatic N) is 4. The molecule has 140 valence electrons. The molecule has 0 spiro atoms. The van der Waals surface area contributed by atoms with Gasteiger partial charge in [0.25, 0.3) is 0 Å². The van der Waals surface area contributed by atoms with E-state index in [2.05, 4.69) is 5.10 Å². The van der Waals surface area contributed by atoms with Crippen LogP contribution in [-0.2, 0) is 29.1 Å². The van der Waals surface area contributed by atoms with Gasteiger partial charge >= 0.3 is 5.97 Å². The number of carboxylic acid groups (broad SMARTS) is 1. The second-order valence-corrected chi connectivity index (χ2v) is 7.58. The van der Waals surface area contributed by atoms with Gasteiger partial charge in [0.2, 0.25) is 11.8 Å². The first kappa shape index (κ1) is 17.1. The molecular formula is C18H24N4O4. The first-order chi connectivity index (χ1) is 12.5.